The number of hydrogen-bond acceptors (Lipinski definition) is 6. The van der Waals surface area contributed by atoms with Gasteiger partial charge < -0.3 is 0 Å². The van der Waals surface area contributed by atoms with Crippen molar-refractivity contribution in [2.24, 2.45) is 0 Å². The minimum atomic E-state index is -4.27. The molecule has 0 saturated heterocycles. The monoisotopic (exact) mass is 612 g/mol. The van der Waals surface area contributed by atoms with Gasteiger partial charge in [-0.2, -0.15) is 0 Å². The minimum Gasteiger partial charge on any atom is -0.273 e. The van der Waals surface area contributed by atoms with Gasteiger partial charge in [0.1, 0.15) is 0 Å². The number of sulfonamides is 2. The highest BCUT2D eigenvalue weighted by atomic mass is 32.2. The number of carbonyl (C=O) groups excluding carboxylic acids is 2. The molecule has 3 aromatic carbocycles. The van der Waals surface area contributed by atoms with E-state index in [1.54, 1.807) is 38.1 Å². The SMILES string of the molecule is CCCC(=O)N(c1ccc(N(C(=O)CCC)S(=O)(=O)c2ccc(C(C)C)cc2)cc1)S(=O)(=O)c1ccc(C(C)C)cc1. The summed E-state index contributed by atoms with van der Waals surface area (Å²) in [6.07, 6.45) is 0.852. The Bertz CT molecular complexity index is 1470. The van der Waals surface area contributed by atoms with E-state index < -0.39 is 31.9 Å². The highest BCUT2D eigenvalue weighted by molar-refractivity contribution is 7.94. The third-order valence-corrected chi connectivity index (χ3v) is 10.4. The van der Waals surface area contributed by atoms with E-state index in [9.17, 15) is 26.4 Å². The smallest absolute Gasteiger partial charge is 0.270 e. The predicted molar refractivity (Wildman–Crippen MR) is 167 cm³/mol. The summed E-state index contributed by atoms with van der Waals surface area (Å²) in [5.74, 6) is -0.824. The highest BCUT2D eigenvalue weighted by Gasteiger charge is 2.33. The van der Waals surface area contributed by atoms with Crippen molar-refractivity contribution in [3.63, 3.8) is 0 Å². The predicted octanol–water partition coefficient (Wildman–Crippen LogP) is 6.98. The van der Waals surface area contributed by atoms with E-state index >= 15 is 0 Å². The number of rotatable bonds is 12. The summed E-state index contributed by atoms with van der Waals surface area (Å²) in [5, 5.41) is 0. The maximum atomic E-state index is 13.7. The van der Waals surface area contributed by atoms with Gasteiger partial charge in [0.15, 0.2) is 0 Å². The van der Waals surface area contributed by atoms with E-state index in [4.69, 9.17) is 0 Å². The van der Waals surface area contributed by atoms with Crippen LogP contribution in [0.4, 0.5) is 11.4 Å². The number of benzene rings is 3. The zero-order valence-electron chi connectivity index (χ0n) is 25.1. The second kappa shape index (κ2) is 13.6. The Hall–Kier alpha value is -3.50. The maximum Gasteiger partial charge on any atom is 0.270 e. The molecule has 3 aromatic rings. The summed E-state index contributed by atoms with van der Waals surface area (Å²) in [7, 11) is -8.55. The third kappa shape index (κ3) is 7.10. The summed E-state index contributed by atoms with van der Waals surface area (Å²) in [5.41, 5.74) is 2.02. The number of carbonyl (C=O) groups is 2. The first-order valence-electron chi connectivity index (χ1n) is 14.2. The Balaban J connectivity index is 2.08. The quantitative estimate of drug-likeness (QED) is 0.218. The molecule has 0 saturated carbocycles. The fraction of sp³-hybridized carbons (Fsp3) is 0.375. The summed E-state index contributed by atoms with van der Waals surface area (Å²) < 4.78 is 56.3. The molecule has 42 heavy (non-hydrogen) atoms. The molecule has 0 fully saturated rings. The van der Waals surface area contributed by atoms with E-state index in [1.165, 1.54) is 48.5 Å². The van der Waals surface area contributed by atoms with E-state index in [1.807, 2.05) is 27.7 Å². The summed E-state index contributed by atoms with van der Waals surface area (Å²) >= 11 is 0. The van der Waals surface area contributed by atoms with Crippen LogP contribution in [0.2, 0.25) is 0 Å². The average Bonchev–Trinajstić information content (AvgIpc) is 2.94. The Morgan fingerprint density at radius 3 is 1.07 bits per heavy atom. The normalized spacial score (nSPS) is 12.0. The summed E-state index contributed by atoms with van der Waals surface area (Å²) in [4.78, 5) is 26.2. The van der Waals surface area contributed by atoms with Crippen molar-refractivity contribution in [2.45, 2.75) is 88.9 Å². The molecule has 2 amide bonds. The van der Waals surface area contributed by atoms with Crippen LogP contribution in [0.1, 0.15) is 90.2 Å². The lowest BCUT2D eigenvalue weighted by Gasteiger charge is -2.25. The average molecular weight is 613 g/mol. The molecule has 0 bridgehead atoms. The molecule has 226 valence electrons. The van der Waals surface area contributed by atoms with Gasteiger partial charge in [-0.1, -0.05) is 65.8 Å². The van der Waals surface area contributed by atoms with Crippen molar-refractivity contribution in [1.29, 1.82) is 0 Å². The van der Waals surface area contributed by atoms with Crippen LogP contribution >= 0.6 is 0 Å². The van der Waals surface area contributed by atoms with Crippen molar-refractivity contribution in [2.75, 3.05) is 8.61 Å². The van der Waals surface area contributed by atoms with Crippen LogP contribution in [0.25, 0.3) is 0 Å². The van der Waals surface area contributed by atoms with Crippen LogP contribution in [0.5, 0.6) is 0 Å². The van der Waals surface area contributed by atoms with Crippen LogP contribution in [0.15, 0.2) is 82.6 Å². The van der Waals surface area contributed by atoms with Crippen molar-refractivity contribution in [3.05, 3.63) is 83.9 Å². The fourth-order valence-electron chi connectivity index (χ4n) is 4.45. The molecule has 3 rings (SSSR count). The molecule has 0 heterocycles. The molecule has 0 aliphatic rings. The van der Waals surface area contributed by atoms with Gasteiger partial charge in [0.2, 0.25) is 11.8 Å². The van der Waals surface area contributed by atoms with Crippen molar-refractivity contribution >= 4 is 43.2 Å². The molecule has 10 heteroatoms. The van der Waals surface area contributed by atoms with Crippen LogP contribution in [0, 0.1) is 0 Å². The number of hydrogen-bond donors (Lipinski definition) is 0. The minimum absolute atomic E-state index is 0.00702. The van der Waals surface area contributed by atoms with Crippen LogP contribution in [-0.2, 0) is 29.6 Å². The standard InChI is InChI=1S/C32H40N2O6S2/c1-7-9-31(35)33(41(37,38)29-19-11-25(12-20-29)23(3)4)27-15-17-28(18-16-27)34(32(36)10-8-2)42(39,40)30-21-13-26(14-22-30)24(5)6/h11-24H,7-10H2,1-6H3. The van der Waals surface area contributed by atoms with Crippen LogP contribution in [-0.4, -0.2) is 28.6 Å². The van der Waals surface area contributed by atoms with Gasteiger partial charge in [0.25, 0.3) is 20.0 Å². The molecular weight excluding hydrogens is 572 g/mol. The first kappa shape index (κ1) is 33.0. The molecule has 0 unspecified atom stereocenters. The largest absolute Gasteiger partial charge is 0.273 e. The van der Waals surface area contributed by atoms with E-state index in [-0.39, 0.29) is 45.8 Å². The molecule has 0 atom stereocenters. The number of nitrogens with zero attached hydrogens (tertiary/aromatic N) is 2. The van der Waals surface area contributed by atoms with Crippen molar-refractivity contribution < 1.29 is 26.4 Å². The molecule has 0 aliphatic heterocycles. The number of amides is 2. The van der Waals surface area contributed by atoms with Gasteiger partial charge in [-0.25, -0.2) is 25.4 Å². The summed E-state index contributed by atoms with van der Waals surface area (Å²) in [6.45, 7) is 11.5. The molecule has 0 radical (unpaired) electrons. The first-order valence-corrected chi connectivity index (χ1v) is 17.1. The lowest BCUT2D eigenvalue weighted by Crippen LogP contribution is -2.38. The van der Waals surface area contributed by atoms with Crippen molar-refractivity contribution in [3.8, 4) is 0 Å². The second-order valence-electron chi connectivity index (χ2n) is 10.8. The molecule has 0 aromatic heterocycles. The van der Waals surface area contributed by atoms with Crippen LogP contribution < -0.4 is 8.61 Å². The van der Waals surface area contributed by atoms with Gasteiger partial charge in [0.05, 0.1) is 21.2 Å². The molecule has 0 spiro atoms. The third-order valence-electron chi connectivity index (χ3n) is 6.87. The number of anilines is 2. The fourth-order valence-corrected chi connectivity index (χ4v) is 7.35. The van der Waals surface area contributed by atoms with Gasteiger partial charge in [-0.3, -0.25) is 9.59 Å². The first-order chi connectivity index (χ1) is 19.7. The van der Waals surface area contributed by atoms with Crippen LogP contribution in [0.3, 0.4) is 0 Å². The Labute approximate surface area is 250 Å². The van der Waals surface area contributed by atoms with Gasteiger partial charge in [-0.05, 0) is 84.3 Å². The Morgan fingerprint density at radius 1 is 0.548 bits per heavy atom. The molecule has 0 N–H and O–H groups in total. The van der Waals surface area contributed by atoms with Gasteiger partial charge >= 0.3 is 0 Å². The van der Waals surface area contributed by atoms with Gasteiger partial charge in [-0.15, -0.1) is 0 Å². The van der Waals surface area contributed by atoms with E-state index in [2.05, 4.69) is 0 Å². The molecule has 8 nitrogen and oxygen atoms in total. The zero-order valence-corrected chi connectivity index (χ0v) is 26.7. The topological polar surface area (TPSA) is 109 Å². The van der Waals surface area contributed by atoms with E-state index in [0.717, 1.165) is 19.7 Å². The highest BCUT2D eigenvalue weighted by Crippen LogP contribution is 2.31. The second-order valence-corrected chi connectivity index (χ2v) is 14.4. The zero-order chi connectivity index (χ0) is 31.2. The molecular formula is C32H40N2O6S2. The maximum absolute atomic E-state index is 13.7. The molecule has 0 aliphatic carbocycles. The van der Waals surface area contributed by atoms with E-state index in [0.29, 0.717) is 12.8 Å². The van der Waals surface area contributed by atoms with Gasteiger partial charge in [0, 0.05) is 12.8 Å². The Kier molecular flexibility index (Phi) is 10.7. The lowest BCUT2D eigenvalue weighted by molar-refractivity contribution is -0.118. The lowest BCUT2D eigenvalue weighted by atomic mass is 10.0. The Morgan fingerprint density at radius 2 is 0.833 bits per heavy atom. The van der Waals surface area contributed by atoms with Crippen molar-refractivity contribution in [1.82, 2.24) is 0 Å². The summed E-state index contributed by atoms with van der Waals surface area (Å²) in [6, 6.07) is 18.2.